The molecule has 160 valence electrons. The van der Waals surface area contributed by atoms with E-state index in [-0.39, 0.29) is 11.3 Å². The Balaban J connectivity index is 1.65. The second-order valence-corrected chi connectivity index (χ2v) is 9.24. The molecule has 32 heavy (non-hydrogen) atoms. The van der Waals surface area contributed by atoms with Crippen LogP contribution in [0.1, 0.15) is 32.6 Å². The van der Waals surface area contributed by atoms with Gasteiger partial charge in [-0.15, -0.1) is 11.3 Å². The van der Waals surface area contributed by atoms with Crippen molar-refractivity contribution in [3.05, 3.63) is 98.1 Å². The highest BCUT2D eigenvalue weighted by molar-refractivity contribution is 7.10. The van der Waals surface area contributed by atoms with Crippen molar-refractivity contribution in [2.75, 3.05) is 4.90 Å². The molecule has 1 amide bonds. The first-order valence-electron chi connectivity index (χ1n) is 9.95. The van der Waals surface area contributed by atoms with E-state index in [9.17, 15) is 14.7 Å². The number of nitrogens with zero attached hydrogens (tertiary/aromatic N) is 1. The van der Waals surface area contributed by atoms with Gasteiger partial charge in [-0.2, -0.15) is 0 Å². The number of halogens is 1. The van der Waals surface area contributed by atoms with Crippen LogP contribution in [0.4, 0.5) is 5.69 Å². The summed E-state index contributed by atoms with van der Waals surface area (Å²) in [6, 6.07) is 15.3. The quantitative estimate of drug-likeness (QED) is 0.348. The zero-order valence-electron chi connectivity index (χ0n) is 17.3. The lowest BCUT2D eigenvalue weighted by Gasteiger charge is -2.26. The molecule has 4 aromatic rings. The predicted molar refractivity (Wildman–Crippen MR) is 126 cm³/mol. The van der Waals surface area contributed by atoms with Gasteiger partial charge in [-0.1, -0.05) is 23.7 Å². The maximum Gasteiger partial charge on any atom is 0.294 e. The van der Waals surface area contributed by atoms with Crippen molar-refractivity contribution in [2.24, 2.45) is 0 Å². The number of benzene rings is 2. The third-order valence-corrected chi connectivity index (χ3v) is 6.61. The van der Waals surface area contributed by atoms with Crippen molar-refractivity contribution in [2.45, 2.75) is 19.9 Å². The van der Waals surface area contributed by atoms with Gasteiger partial charge in [-0.25, -0.2) is 0 Å². The fourth-order valence-electron chi connectivity index (χ4n) is 4.17. The zero-order chi connectivity index (χ0) is 22.6. The SMILES string of the molecule is Cc1cc(C)cc(N2C(=O)C(O)=C(C(=O)c3cc4cc(Cl)ccc4o3)C2c2cccs2)c1. The summed E-state index contributed by atoms with van der Waals surface area (Å²) in [6.45, 7) is 3.88. The number of amides is 1. The lowest BCUT2D eigenvalue weighted by molar-refractivity contribution is -0.117. The monoisotopic (exact) mass is 463 g/mol. The van der Waals surface area contributed by atoms with Crippen LogP contribution in [0, 0.1) is 13.8 Å². The number of ketones is 1. The molecule has 0 saturated heterocycles. The van der Waals surface area contributed by atoms with Crippen LogP contribution in [-0.4, -0.2) is 16.8 Å². The van der Waals surface area contributed by atoms with Gasteiger partial charge in [0.2, 0.25) is 5.78 Å². The second kappa shape index (κ2) is 7.65. The molecule has 2 aromatic carbocycles. The lowest BCUT2D eigenvalue weighted by atomic mass is 9.99. The van der Waals surface area contributed by atoms with Crippen molar-refractivity contribution in [3.63, 3.8) is 0 Å². The summed E-state index contributed by atoms with van der Waals surface area (Å²) in [6.07, 6.45) is 0. The molecule has 0 radical (unpaired) electrons. The van der Waals surface area contributed by atoms with Crippen molar-refractivity contribution in [1.82, 2.24) is 0 Å². The topological polar surface area (TPSA) is 70.8 Å². The van der Waals surface area contributed by atoms with Gasteiger partial charge in [0.1, 0.15) is 11.6 Å². The molecule has 0 spiro atoms. The average Bonchev–Trinajstić information content (AvgIpc) is 3.45. The number of anilines is 1. The standard InChI is InChI=1S/C25H18ClNO4S/c1-13-8-14(2)10-17(9-13)27-22(20-4-3-7-32-20)21(24(29)25(27)30)23(28)19-12-15-11-16(26)5-6-18(15)31-19/h3-12,22,29H,1-2H3. The number of aliphatic hydroxyl groups excluding tert-OH is 1. The number of hydrogen-bond donors (Lipinski definition) is 1. The molecule has 1 aliphatic rings. The lowest BCUT2D eigenvalue weighted by Crippen LogP contribution is -2.30. The normalized spacial score (nSPS) is 16.4. The number of aliphatic hydroxyl groups is 1. The van der Waals surface area contributed by atoms with E-state index in [4.69, 9.17) is 16.0 Å². The first-order valence-corrected chi connectivity index (χ1v) is 11.2. The summed E-state index contributed by atoms with van der Waals surface area (Å²) in [4.78, 5) is 29.0. The number of hydrogen-bond acceptors (Lipinski definition) is 5. The van der Waals surface area contributed by atoms with Crippen molar-refractivity contribution < 1.29 is 19.1 Å². The van der Waals surface area contributed by atoms with Gasteiger partial charge in [0, 0.05) is 21.0 Å². The Morgan fingerprint density at radius 3 is 2.53 bits per heavy atom. The summed E-state index contributed by atoms with van der Waals surface area (Å²) in [5, 5.41) is 13.9. The van der Waals surface area contributed by atoms with Gasteiger partial charge >= 0.3 is 0 Å². The summed E-state index contributed by atoms with van der Waals surface area (Å²) < 4.78 is 5.75. The van der Waals surface area contributed by atoms with Crippen molar-refractivity contribution in [3.8, 4) is 0 Å². The van der Waals surface area contributed by atoms with Crippen LogP contribution in [0.5, 0.6) is 0 Å². The molecule has 2 aromatic heterocycles. The van der Waals surface area contributed by atoms with Crippen LogP contribution in [0.25, 0.3) is 11.0 Å². The third-order valence-electron chi connectivity index (χ3n) is 5.45. The highest BCUT2D eigenvalue weighted by Gasteiger charge is 2.46. The number of thiophene rings is 1. The van der Waals surface area contributed by atoms with E-state index in [2.05, 4.69) is 0 Å². The molecule has 0 saturated carbocycles. The van der Waals surface area contributed by atoms with Crippen molar-refractivity contribution >= 4 is 51.3 Å². The van der Waals surface area contributed by atoms with Crippen LogP contribution in [-0.2, 0) is 4.79 Å². The number of Topliss-reactive ketones (excluding diaryl/α,β-unsaturated/α-hetero) is 1. The Bertz CT molecular complexity index is 1400. The van der Waals surface area contributed by atoms with Gasteiger partial charge in [-0.05, 0) is 72.8 Å². The van der Waals surface area contributed by atoms with E-state index in [1.807, 2.05) is 49.6 Å². The second-order valence-electron chi connectivity index (χ2n) is 7.82. The van der Waals surface area contributed by atoms with Gasteiger partial charge in [-0.3, -0.25) is 14.5 Å². The van der Waals surface area contributed by atoms with Gasteiger partial charge in [0.25, 0.3) is 5.91 Å². The Morgan fingerprint density at radius 2 is 1.84 bits per heavy atom. The highest BCUT2D eigenvalue weighted by atomic mass is 35.5. The minimum atomic E-state index is -0.756. The van der Waals surface area contributed by atoms with E-state index >= 15 is 0 Å². The molecule has 7 heteroatoms. The Labute approximate surface area is 193 Å². The Morgan fingerprint density at radius 1 is 1.09 bits per heavy atom. The van der Waals surface area contributed by atoms with Crippen LogP contribution in [0.3, 0.4) is 0 Å². The van der Waals surface area contributed by atoms with E-state index in [1.165, 1.54) is 16.2 Å². The van der Waals surface area contributed by atoms with Gasteiger partial charge < -0.3 is 9.52 Å². The largest absolute Gasteiger partial charge is 0.503 e. The van der Waals surface area contributed by atoms with Crippen molar-refractivity contribution in [1.29, 1.82) is 0 Å². The summed E-state index contributed by atoms with van der Waals surface area (Å²) in [5.74, 6) is -1.67. The maximum absolute atomic E-state index is 13.6. The molecule has 0 fully saturated rings. The highest BCUT2D eigenvalue weighted by Crippen LogP contribution is 2.44. The fraction of sp³-hybridized carbons (Fsp3) is 0.120. The third kappa shape index (κ3) is 3.32. The zero-order valence-corrected chi connectivity index (χ0v) is 18.8. The molecule has 1 atom stereocenters. The Hall–Kier alpha value is -3.35. The van der Waals surface area contributed by atoms with E-state index in [0.29, 0.717) is 21.7 Å². The summed E-state index contributed by atoms with van der Waals surface area (Å²) >= 11 is 7.47. The predicted octanol–water partition coefficient (Wildman–Crippen LogP) is 6.55. The molecule has 1 unspecified atom stereocenters. The minimum Gasteiger partial charge on any atom is -0.503 e. The number of rotatable bonds is 4. The van der Waals surface area contributed by atoms with Crippen LogP contribution >= 0.6 is 22.9 Å². The minimum absolute atomic E-state index is 0.00163. The van der Waals surface area contributed by atoms with E-state index < -0.39 is 23.5 Å². The van der Waals surface area contributed by atoms with Gasteiger partial charge in [0.05, 0.1) is 5.57 Å². The molecule has 5 nitrogen and oxygen atoms in total. The van der Waals surface area contributed by atoms with E-state index in [0.717, 1.165) is 16.0 Å². The maximum atomic E-state index is 13.6. The Kier molecular flexibility index (Phi) is 4.92. The number of furan rings is 1. The first kappa shape index (κ1) is 20.5. The summed E-state index contributed by atoms with van der Waals surface area (Å²) in [5.41, 5.74) is 3.08. The van der Waals surface area contributed by atoms with Crippen LogP contribution < -0.4 is 4.90 Å². The number of fused-ring (bicyclic) bond motifs is 1. The number of aryl methyl sites for hydroxylation is 2. The molecule has 0 aliphatic carbocycles. The fourth-order valence-corrected chi connectivity index (χ4v) is 5.17. The molecule has 5 rings (SSSR count). The molecular formula is C25H18ClNO4S. The smallest absolute Gasteiger partial charge is 0.294 e. The molecule has 1 N–H and O–H groups in total. The number of carbonyl (C=O) groups is 2. The molecule has 3 heterocycles. The summed E-state index contributed by atoms with van der Waals surface area (Å²) in [7, 11) is 0. The molecule has 0 bridgehead atoms. The number of carbonyl (C=O) groups excluding carboxylic acids is 2. The molecular weight excluding hydrogens is 446 g/mol. The molecule has 1 aliphatic heterocycles. The first-order chi connectivity index (χ1) is 15.3. The van der Waals surface area contributed by atoms with Crippen LogP contribution in [0.15, 0.2) is 75.7 Å². The van der Waals surface area contributed by atoms with Crippen LogP contribution in [0.2, 0.25) is 5.02 Å². The average molecular weight is 464 g/mol. The van der Waals surface area contributed by atoms with E-state index in [1.54, 1.807) is 24.3 Å². The van der Waals surface area contributed by atoms with Gasteiger partial charge in [0.15, 0.2) is 11.5 Å².